The first-order valence-corrected chi connectivity index (χ1v) is 7.45. The summed E-state index contributed by atoms with van der Waals surface area (Å²) in [6, 6.07) is 5.69. The number of carbonyl (C=O) groups is 1. The van der Waals surface area contributed by atoms with Gasteiger partial charge < -0.3 is 20.7 Å². The lowest BCUT2D eigenvalue weighted by atomic mass is 10.2. The van der Waals surface area contributed by atoms with Gasteiger partial charge in [-0.25, -0.2) is 0 Å². The number of nitrogens with two attached hydrogens (primary N) is 1. The van der Waals surface area contributed by atoms with E-state index in [0.717, 1.165) is 19.5 Å². The van der Waals surface area contributed by atoms with Crippen molar-refractivity contribution in [3.8, 4) is 5.75 Å². The van der Waals surface area contributed by atoms with Crippen LogP contribution in [0, 0.1) is 0 Å². The molecule has 0 aliphatic rings. The molecule has 0 fully saturated rings. The standard InChI is InChI=1S/C16H27N3O2/c1-5-9-19(12(2)3)10-8-16(20)18-15-7-6-13(21-4)11-14(15)17/h6-7,11-12H,5,8-10,17H2,1-4H3,(H,18,20). The van der Waals surface area contributed by atoms with E-state index in [9.17, 15) is 4.79 Å². The predicted octanol–water partition coefficient (Wildman–Crippen LogP) is 2.73. The molecule has 0 heterocycles. The molecular formula is C16H27N3O2. The van der Waals surface area contributed by atoms with Gasteiger partial charge in [-0.3, -0.25) is 4.79 Å². The SMILES string of the molecule is CCCN(CCC(=O)Nc1ccc(OC)cc1N)C(C)C. The van der Waals surface area contributed by atoms with Gasteiger partial charge in [0.2, 0.25) is 5.91 Å². The van der Waals surface area contributed by atoms with E-state index < -0.39 is 0 Å². The molecule has 0 radical (unpaired) electrons. The lowest BCUT2D eigenvalue weighted by Gasteiger charge is -2.25. The minimum Gasteiger partial charge on any atom is -0.497 e. The number of hydrogen-bond donors (Lipinski definition) is 2. The molecule has 1 aromatic carbocycles. The molecule has 0 saturated carbocycles. The highest BCUT2D eigenvalue weighted by Crippen LogP contribution is 2.24. The number of nitrogen functional groups attached to an aromatic ring is 1. The number of methoxy groups -OCH3 is 1. The van der Waals surface area contributed by atoms with E-state index in [1.165, 1.54) is 0 Å². The number of benzene rings is 1. The number of rotatable bonds is 8. The normalized spacial score (nSPS) is 11.0. The van der Waals surface area contributed by atoms with Gasteiger partial charge in [0, 0.05) is 25.1 Å². The monoisotopic (exact) mass is 293 g/mol. The second-order valence-electron chi connectivity index (χ2n) is 5.38. The average Bonchev–Trinajstić information content (AvgIpc) is 2.45. The zero-order chi connectivity index (χ0) is 15.8. The van der Waals surface area contributed by atoms with E-state index >= 15 is 0 Å². The third-order valence-corrected chi connectivity index (χ3v) is 3.40. The van der Waals surface area contributed by atoms with Crippen LogP contribution in [0.15, 0.2) is 18.2 Å². The summed E-state index contributed by atoms with van der Waals surface area (Å²) in [5.74, 6) is 0.660. The molecule has 0 unspecified atom stereocenters. The van der Waals surface area contributed by atoms with Gasteiger partial charge >= 0.3 is 0 Å². The predicted molar refractivity (Wildman–Crippen MR) is 87.7 cm³/mol. The van der Waals surface area contributed by atoms with E-state index in [1.807, 2.05) is 0 Å². The zero-order valence-electron chi connectivity index (χ0n) is 13.5. The van der Waals surface area contributed by atoms with Gasteiger partial charge in [0.15, 0.2) is 0 Å². The summed E-state index contributed by atoms with van der Waals surface area (Å²) in [6.07, 6.45) is 1.55. The summed E-state index contributed by atoms with van der Waals surface area (Å²) < 4.78 is 5.09. The smallest absolute Gasteiger partial charge is 0.225 e. The topological polar surface area (TPSA) is 67.6 Å². The van der Waals surface area contributed by atoms with Crippen LogP contribution < -0.4 is 15.8 Å². The fourth-order valence-electron chi connectivity index (χ4n) is 2.15. The van der Waals surface area contributed by atoms with E-state index in [0.29, 0.717) is 29.6 Å². The fourth-order valence-corrected chi connectivity index (χ4v) is 2.15. The highest BCUT2D eigenvalue weighted by molar-refractivity contribution is 5.94. The first kappa shape index (κ1) is 17.3. The van der Waals surface area contributed by atoms with E-state index in [-0.39, 0.29) is 5.91 Å². The van der Waals surface area contributed by atoms with Gasteiger partial charge in [0.05, 0.1) is 18.5 Å². The second-order valence-corrected chi connectivity index (χ2v) is 5.38. The van der Waals surface area contributed by atoms with Crippen LogP contribution in [0.5, 0.6) is 5.75 Å². The Bertz CT molecular complexity index is 461. The molecule has 5 heteroatoms. The molecule has 1 amide bonds. The van der Waals surface area contributed by atoms with Crippen LogP contribution in [0.2, 0.25) is 0 Å². The minimum atomic E-state index is -0.0198. The Labute approximate surface area is 127 Å². The number of nitrogens with one attached hydrogen (secondary N) is 1. The maximum atomic E-state index is 12.0. The minimum absolute atomic E-state index is 0.0198. The summed E-state index contributed by atoms with van der Waals surface area (Å²) in [4.78, 5) is 14.3. The highest BCUT2D eigenvalue weighted by Gasteiger charge is 2.11. The molecule has 0 aliphatic heterocycles. The number of nitrogens with zero attached hydrogens (tertiary/aromatic N) is 1. The van der Waals surface area contributed by atoms with Gasteiger partial charge in [0.1, 0.15) is 5.75 Å². The molecular weight excluding hydrogens is 266 g/mol. The molecule has 1 rings (SSSR count). The van der Waals surface area contributed by atoms with Crippen LogP contribution >= 0.6 is 0 Å². The van der Waals surface area contributed by atoms with Crippen molar-refractivity contribution >= 4 is 17.3 Å². The molecule has 0 aliphatic carbocycles. The fraction of sp³-hybridized carbons (Fsp3) is 0.562. The molecule has 0 spiro atoms. The molecule has 21 heavy (non-hydrogen) atoms. The second kappa shape index (κ2) is 8.52. The Morgan fingerprint density at radius 3 is 2.62 bits per heavy atom. The average molecular weight is 293 g/mol. The van der Waals surface area contributed by atoms with Gasteiger partial charge in [0.25, 0.3) is 0 Å². The van der Waals surface area contributed by atoms with Crippen LogP contribution in [0.25, 0.3) is 0 Å². The molecule has 5 nitrogen and oxygen atoms in total. The van der Waals surface area contributed by atoms with Crippen molar-refractivity contribution < 1.29 is 9.53 Å². The third-order valence-electron chi connectivity index (χ3n) is 3.40. The number of ether oxygens (including phenoxy) is 1. The van der Waals surface area contributed by atoms with Crippen molar-refractivity contribution in [3.63, 3.8) is 0 Å². The number of amides is 1. The molecule has 0 bridgehead atoms. The Hall–Kier alpha value is -1.75. The van der Waals surface area contributed by atoms with Crippen LogP contribution in [0.4, 0.5) is 11.4 Å². The van der Waals surface area contributed by atoms with Gasteiger partial charge in [-0.15, -0.1) is 0 Å². The van der Waals surface area contributed by atoms with E-state index in [4.69, 9.17) is 10.5 Å². The summed E-state index contributed by atoms with van der Waals surface area (Å²) in [7, 11) is 1.58. The zero-order valence-corrected chi connectivity index (χ0v) is 13.5. The van der Waals surface area contributed by atoms with Crippen molar-refractivity contribution in [2.45, 2.75) is 39.7 Å². The highest BCUT2D eigenvalue weighted by atomic mass is 16.5. The van der Waals surface area contributed by atoms with Crippen LogP contribution in [-0.4, -0.2) is 37.0 Å². The van der Waals surface area contributed by atoms with E-state index in [1.54, 1.807) is 25.3 Å². The van der Waals surface area contributed by atoms with Crippen molar-refractivity contribution in [2.75, 3.05) is 31.2 Å². The number of hydrogen-bond acceptors (Lipinski definition) is 4. The molecule has 0 aromatic heterocycles. The van der Waals surface area contributed by atoms with Crippen molar-refractivity contribution in [2.24, 2.45) is 0 Å². The summed E-state index contributed by atoms with van der Waals surface area (Å²) >= 11 is 0. The van der Waals surface area contributed by atoms with Crippen molar-refractivity contribution in [1.82, 2.24) is 4.90 Å². The summed E-state index contributed by atoms with van der Waals surface area (Å²) in [6.45, 7) is 8.21. The van der Waals surface area contributed by atoms with Crippen molar-refractivity contribution in [1.29, 1.82) is 0 Å². The third kappa shape index (κ3) is 5.63. The Morgan fingerprint density at radius 2 is 2.10 bits per heavy atom. The maximum Gasteiger partial charge on any atom is 0.225 e. The van der Waals surface area contributed by atoms with Crippen LogP contribution in [0.1, 0.15) is 33.6 Å². The maximum absolute atomic E-state index is 12.0. The molecule has 3 N–H and O–H groups in total. The van der Waals surface area contributed by atoms with Crippen LogP contribution in [-0.2, 0) is 4.79 Å². The lowest BCUT2D eigenvalue weighted by molar-refractivity contribution is -0.116. The summed E-state index contributed by atoms with van der Waals surface area (Å²) in [5, 5.41) is 2.85. The Morgan fingerprint density at radius 1 is 1.38 bits per heavy atom. The van der Waals surface area contributed by atoms with Crippen molar-refractivity contribution in [3.05, 3.63) is 18.2 Å². The Kier molecular flexibility index (Phi) is 7.02. The first-order chi connectivity index (χ1) is 9.97. The first-order valence-electron chi connectivity index (χ1n) is 7.45. The summed E-state index contributed by atoms with van der Waals surface area (Å²) in [5.41, 5.74) is 7.03. The lowest BCUT2D eigenvalue weighted by Crippen LogP contribution is -2.34. The molecule has 1 aromatic rings. The largest absolute Gasteiger partial charge is 0.497 e. The molecule has 0 saturated heterocycles. The number of carbonyl (C=O) groups excluding carboxylic acids is 1. The Balaban J connectivity index is 2.53. The van der Waals surface area contributed by atoms with Gasteiger partial charge in [-0.05, 0) is 38.9 Å². The molecule has 118 valence electrons. The van der Waals surface area contributed by atoms with Gasteiger partial charge in [-0.2, -0.15) is 0 Å². The van der Waals surface area contributed by atoms with Gasteiger partial charge in [-0.1, -0.05) is 6.92 Å². The number of anilines is 2. The van der Waals surface area contributed by atoms with E-state index in [2.05, 4.69) is 31.0 Å². The quantitative estimate of drug-likeness (QED) is 0.723. The van der Waals surface area contributed by atoms with Crippen LogP contribution in [0.3, 0.4) is 0 Å². The molecule has 0 atom stereocenters.